The average Bonchev–Trinajstić information content (AvgIpc) is 2.61. The van der Waals surface area contributed by atoms with E-state index < -0.39 is 0 Å². The van der Waals surface area contributed by atoms with Crippen molar-refractivity contribution < 1.29 is 4.52 Å². The Morgan fingerprint density at radius 3 is 2.76 bits per heavy atom. The second-order valence-corrected chi connectivity index (χ2v) is 5.80. The van der Waals surface area contributed by atoms with Gasteiger partial charge in [0, 0.05) is 25.8 Å². The molecule has 1 aromatic heterocycles. The summed E-state index contributed by atoms with van der Waals surface area (Å²) in [7, 11) is 0. The predicted octanol–water partition coefficient (Wildman–Crippen LogP) is 4.27. The number of halogens is 2. The molecule has 5 heteroatoms. The van der Waals surface area contributed by atoms with Crippen molar-refractivity contribution in [2.75, 3.05) is 5.32 Å². The molecule has 90 valence electrons. The molecule has 17 heavy (non-hydrogen) atoms. The monoisotopic (exact) mass is 406 g/mol. The van der Waals surface area contributed by atoms with Gasteiger partial charge in [-0.05, 0) is 70.6 Å². The van der Waals surface area contributed by atoms with Gasteiger partial charge in [-0.1, -0.05) is 5.16 Å². The van der Waals surface area contributed by atoms with E-state index in [1.54, 1.807) is 0 Å². The number of aryl methyl sites for hydroxylation is 2. The summed E-state index contributed by atoms with van der Waals surface area (Å²) in [6, 6.07) is 6.19. The first-order valence-electron chi connectivity index (χ1n) is 5.18. The Morgan fingerprint density at radius 2 is 2.18 bits per heavy atom. The lowest BCUT2D eigenvalue weighted by molar-refractivity contribution is 0.392. The summed E-state index contributed by atoms with van der Waals surface area (Å²) in [6.45, 7) is 4.63. The van der Waals surface area contributed by atoms with Crippen LogP contribution >= 0.6 is 38.5 Å². The molecule has 0 spiro atoms. The molecule has 2 aromatic rings. The van der Waals surface area contributed by atoms with Gasteiger partial charge in [-0.15, -0.1) is 0 Å². The number of nitrogens with one attached hydrogen (secondary N) is 1. The maximum atomic E-state index is 5.13. The van der Waals surface area contributed by atoms with Gasteiger partial charge in [-0.2, -0.15) is 0 Å². The van der Waals surface area contributed by atoms with E-state index in [1.165, 1.54) is 3.57 Å². The van der Waals surface area contributed by atoms with E-state index in [0.717, 1.165) is 33.7 Å². The second-order valence-electron chi connectivity index (χ2n) is 3.79. The van der Waals surface area contributed by atoms with Gasteiger partial charge < -0.3 is 9.84 Å². The fourth-order valence-corrected chi connectivity index (χ4v) is 2.31. The lowest BCUT2D eigenvalue weighted by Crippen LogP contribution is -2.01. The fraction of sp³-hybridized carbons (Fsp3) is 0.250. The van der Waals surface area contributed by atoms with Crippen LogP contribution in [0, 0.1) is 17.4 Å². The van der Waals surface area contributed by atoms with Crippen molar-refractivity contribution >= 4 is 44.2 Å². The summed E-state index contributed by atoms with van der Waals surface area (Å²) < 4.78 is 7.43. The lowest BCUT2D eigenvalue weighted by atomic mass is 10.2. The Hall–Kier alpha value is -0.560. The topological polar surface area (TPSA) is 38.1 Å². The molecule has 3 nitrogen and oxygen atoms in total. The third-order valence-corrected chi connectivity index (χ3v) is 4.90. The van der Waals surface area contributed by atoms with Crippen molar-refractivity contribution in [3.8, 4) is 0 Å². The number of aromatic nitrogens is 1. The first-order valence-corrected chi connectivity index (χ1v) is 7.06. The highest BCUT2D eigenvalue weighted by molar-refractivity contribution is 14.1. The molecule has 2 rings (SSSR count). The molecule has 0 aliphatic carbocycles. The number of hydrogen-bond donors (Lipinski definition) is 1. The van der Waals surface area contributed by atoms with Gasteiger partial charge in [0.15, 0.2) is 0 Å². The molecule has 1 N–H and O–H groups in total. The first kappa shape index (κ1) is 12.9. The maximum Gasteiger partial charge on any atom is 0.138 e. The van der Waals surface area contributed by atoms with Crippen LogP contribution in [0.3, 0.4) is 0 Å². The second kappa shape index (κ2) is 5.39. The van der Waals surface area contributed by atoms with Crippen molar-refractivity contribution in [3.63, 3.8) is 0 Å². The average molecular weight is 407 g/mol. The predicted molar refractivity (Wildman–Crippen MR) is 80.2 cm³/mol. The Bertz CT molecular complexity index is 520. The molecule has 0 fully saturated rings. The van der Waals surface area contributed by atoms with Gasteiger partial charge in [-0.3, -0.25) is 0 Å². The lowest BCUT2D eigenvalue weighted by Gasteiger charge is -2.07. The first-order chi connectivity index (χ1) is 8.08. The Balaban J connectivity index is 2.10. The minimum absolute atomic E-state index is 0.735. The summed E-state index contributed by atoms with van der Waals surface area (Å²) in [6.07, 6.45) is 0. The van der Waals surface area contributed by atoms with Crippen molar-refractivity contribution in [1.82, 2.24) is 5.16 Å². The van der Waals surface area contributed by atoms with Gasteiger partial charge in [0.2, 0.25) is 0 Å². The molecule has 0 aliphatic heterocycles. The van der Waals surface area contributed by atoms with E-state index >= 15 is 0 Å². The molecule has 0 saturated heterocycles. The zero-order valence-corrected chi connectivity index (χ0v) is 13.3. The largest absolute Gasteiger partial charge is 0.381 e. The Kier molecular flexibility index (Phi) is 4.09. The van der Waals surface area contributed by atoms with E-state index in [-0.39, 0.29) is 0 Å². The molecule has 1 heterocycles. The van der Waals surface area contributed by atoms with Gasteiger partial charge in [0.25, 0.3) is 0 Å². The Morgan fingerprint density at radius 1 is 1.41 bits per heavy atom. The molecule has 0 bridgehead atoms. The van der Waals surface area contributed by atoms with Crippen LogP contribution in [0.2, 0.25) is 0 Å². The number of benzene rings is 1. The standard InChI is InChI=1S/C12H12BrIN2O/c1-7-10(8(2)17-16-7)6-15-9-3-4-11(13)12(14)5-9/h3-5,15H,6H2,1-2H3. The van der Waals surface area contributed by atoms with Crippen LogP contribution in [0.15, 0.2) is 27.2 Å². The highest BCUT2D eigenvalue weighted by Gasteiger charge is 2.08. The number of hydrogen-bond acceptors (Lipinski definition) is 3. The minimum atomic E-state index is 0.735. The van der Waals surface area contributed by atoms with E-state index in [1.807, 2.05) is 26.0 Å². The SMILES string of the molecule is Cc1noc(C)c1CNc1ccc(Br)c(I)c1. The molecular formula is C12H12BrIN2O. The molecule has 0 radical (unpaired) electrons. The van der Waals surface area contributed by atoms with Gasteiger partial charge >= 0.3 is 0 Å². The molecule has 0 unspecified atom stereocenters. The highest BCUT2D eigenvalue weighted by atomic mass is 127. The molecule has 0 aliphatic rings. The van der Waals surface area contributed by atoms with Crippen molar-refractivity contribution in [1.29, 1.82) is 0 Å². The van der Waals surface area contributed by atoms with E-state index in [4.69, 9.17) is 4.52 Å². The highest BCUT2D eigenvalue weighted by Crippen LogP contribution is 2.23. The fourth-order valence-electron chi connectivity index (χ4n) is 1.55. The molecular weight excluding hydrogens is 395 g/mol. The normalized spacial score (nSPS) is 10.6. The molecule has 0 saturated carbocycles. The molecule has 0 amide bonds. The third kappa shape index (κ3) is 3.01. The minimum Gasteiger partial charge on any atom is -0.381 e. The zero-order valence-electron chi connectivity index (χ0n) is 9.55. The van der Waals surface area contributed by atoms with Crippen molar-refractivity contribution in [3.05, 3.63) is 43.3 Å². The summed E-state index contributed by atoms with van der Waals surface area (Å²) in [4.78, 5) is 0. The van der Waals surface area contributed by atoms with Crippen LogP contribution < -0.4 is 5.32 Å². The number of rotatable bonds is 3. The van der Waals surface area contributed by atoms with Crippen LogP contribution in [-0.4, -0.2) is 5.16 Å². The summed E-state index contributed by atoms with van der Waals surface area (Å²) in [5, 5.41) is 7.31. The van der Waals surface area contributed by atoms with Gasteiger partial charge in [-0.25, -0.2) is 0 Å². The van der Waals surface area contributed by atoms with Crippen molar-refractivity contribution in [2.24, 2.45) is 0 Å². The number of nitrogens with zero attached hydrogens (tertiary/aromatic N) is 1. The van der Waals surface area contributed by atoms with Crippen LogP contribution in [0.1, 0.15) is 17.0 Å². The van der Waals surface area contributed by atoms with Gasteiger partial charge in [0.05, 0.1) is 5.69 Å². The van der Waals surface area contributed by atoms with Crippen molar-refractivity contribution in [2.45, 2.75) is 20.4 Å². The number of anilines is 1. The summed E-state index contributed by atoms with van der Waals surface area (Å²) in [5.41, 5.74) is 3.17. The van der Waals surface area contributed by atoms with E-state index in [2.05, 4.69) is 55.1 Å². The van der Waals surface area contributed by atoms with Crippen LogP contribution in [0.4, 0.5) is 5.69 Å². The van der Waals surface area contributed by atoms with Crippen LogP contribution in [-0.2, 0) is 6.54 Å². The zero-order chi connectivity index (χ0) is 12.4. The molecule has 0 atom stereocenters. The molecule has 1 aromatic carbocycles. The van der Waals surface area contributed by atoms with E-state index in [9.17, 15) is 0 Å². The van der Waals surface area contributed by atoms with E-state index in [0.29, 0.717) is 0 Å². The Labute approximate surface area is 122 Å². The van der Waals surface area contributed by atoms with Crippen LogP contribution in [0.25, 0.3) is 0 Å². The van der Waals surface area contributed by atoms with Crippen LogP contribution in [0.5, 0.6) is 0 Å². The van der Waals surface area contributed by atoms with Gasteiger partial charge in [0.1, 0.15) is 5.76 Å². The summed E-state index contributed by atoms with van der Waals surface area (Å²) >= 11 is 5.78. The summed E-state index contributed by atoms with van der Waals surface area (Å²) in [5.74, 6) is 0.877. The maximum absolute atomic E-state index is 5.13. The third-order valence-electron chi connectivity index (χ3n) is 2.57. The quantitative estimate of drug-likeness (QED) is 0.773. The smallest absolute Gasteiger partial charge is 0.138 e.